The van der Waals surface area contributed by atoms with Crippen molar-refractivity contribution in [3.8, 4) is 11.3 Å². The van der Waals surface area contributed by atoms with Crippen molar-refractivity contribution >= 4 is 43.5 Å². The highest BCUT2D eigenvalue weighted by Gasteiger charge is 2.14. The number of benzene rings is 2. The predicted molar refractivity (Wildman–Crippen MR) is 101 cm³/mol. The molecule has 0 aliphatic rings. The first kappa shape index (κ1) is 13.7. The van der Waals surface area contributed by atoms with Gasteiger partial charge in [-0.3, -0.25) is 4.40 Å². The minimum Gasteiger partial charge on any atom is -0.284 e. The largest absolute Gasteiger partial charge is 0.284 e. The Labute approximate surface area is 146 Å². The molecule has 0 aliphatic heterocycles. The third-order valence-corrected chi connectivity index (χ3v) is 4.75. The summed E-state index contributed by atoms with van der Waals surface area (Å²) in [6.07, 6.45) is 2.01. The average molecular weight is 374 g/mol. The molecule has 0 saturated carbocycles. The molecule has 0 bridgehead atoms. The van der Waals surface area contributed by atoms with Crippen molar-refractivity contribution < 1.29 is 0 Å². The van der Waals surface area contributed by atoms with Crippen molar-refractivity contribution in [3.05, 3.63) is 77.4 Å². The van der Waals surface area contributed by atoms with Gasteiger partial charge in [0.2, 0.25) is 0 Å². The molecule has 0 spiro atoms. The van der Waals surface area contributed by atoms with E-state index in [4.69, 9.17) is 9.97 Å². The van der Waals surface area contributed by atoms with Crippen LogP contribution in [0.1, 0.15) is 0 Å². The first-order valence-electron chi connectivity index (χ1n) is 7.73. The van der Waals surface area contributed by atoms with Gasteiger partial charge in [0.05, 0.1) is 5.69 Å². The summed E-state index contributed by atoms with van der Waals surface area (Å²) < 4.78 is 3.08. The van der Waals surface area contributed by atoms with E-state index < -0.39 is 0 Å². The molecule has 5 aromatic rings. The molecule has 0 unspecified atom stereocenters. The van der Waals surface area contributed by atoms with Crippen molar-refractivity contribution in [3.63, 3.8) is 0 Å². The molecule has 0 fully saturated rings. The van der Waals surface area contributed by atoms with Gasteiger partial charge in [-0.2, -0.15) is 0 Å². The Hall–Kier alpha value is -2.72. The lowest BCUT2D eigenvalue weighted by atomic mass is 10.0. The molecule has 114 valence electrons. The van der Waals surface area contributed by atoms with E-state index in [-0.39, 0.29) is 0 Å². The molecule has 3 nitrogen and oxygen atoms in total. The molecule has 0 amide bonds. The molecule has 4 heteroatoms. The maximum atomic E-state index is 4.98. The van der Waals surface area contributed by atoms with Gasteiger partial charge < -0.3 is 0 Å². The van der Waals surface area contributed by atoms with Crippen LogP contribution >= 0.6 is 15.9 Å². The number of fused-ring (bicyclic) bond motifs is 5. The van der Waals surface area contributed by atoms with Crippen LogP contribution in [0.4, 0.5) is 0 Å². The zero-order valence-corrected chi connectivity index (χ0v) is 14.2. The Bertz CT molecular complexity index is 1210. The molecule has 0 saturated heterocycles. The van der Waals surface area contributed by atoms with Crippen molar-refractivity contribution in [1.82, 2.24) is 14.4 Å². The lowest BCUT2D eigenvalue weighted by molar-refractivity contribution is 1.19. The number of rotatable bonds is 1. The van der Waals surface area contributed by atoms with E-state index in [1.54, 1.807) is 0 Å². The second-order valence-corrected chi connectivity index (χ2v) is 6.64. The van der Waals surface area contributed by atoms with Crippen molar-refractivity contribution in [2.45, 2.75) is 0 Å². The van der Waals surface area contributed by atoms with Gasteiger partial charge in [0.1, 0.15) is 11.2 Å². The summed E-state index contributed by atoms with van der Waals surface area (Å²) in [5.74, 6) is 0. The molecule has 2 aromatic carbocycles. The summed E-state index contributed by atoms with van der Waals surface area (Å²) in [5.41, 5.74) is 4.82. The van der Waals surface area contributed by atoms with Crippen LogP contribution in [-0.4, -0.2) is 14.4 Å². The van der Waals surface area contributed by atoms with Crippen LogP contribution < -0.4 is 0 Å². The van der Waals surface area contributed by atoms with Gasteiger partial charge in [0.25, 0.3) is 0 Å². The molecule has 3 heterocycles. The first-order chi connectivity index (χ1) is 11.8. The third kappa shape index (κ3) is 1.96. The van der Waals surface area contributed by atoms with Gasteiger partial charge in [0.15, 0.2) is 5.65 Å². The number of pyridine rings is 2. The maximum Gasteiger partial charge on any atom is 0.165 e. The number of aromatic nitrogens is 3. The van der Waals surface area contributed by atoms with Crippen molar-refractivity contribution in [2.24, 2.45) is 0 Å². The lowest BCUT2D eigenvalue weighted by Gasteiger charge is -2.08. The van der Waals surface area contributed by atoms with E-state index in [0.717, 1.165) is 43.3 Å². The molecule has 24 heavy (non-hydrogen) atoms. The number of imidazole rings is 1. The van der Waals surface area contributed by atoms with E-state index >= 15 is 0 Å². The normalized spacial score (nSPS) is 11.5. The van der Waals surface area contributed by atoms with E-state index in [1.807, 2.05) is 47.0 Å². The Balaban J connectivity index is 2.02. The molecular formula is C20H12BrN3. The summed E-state index contributed by atoms with van der Waals surface area (Å²) >= 11 is 3.58. The summed E-state index contributed by atoms with van der Waals surface area (Å²) in [5, 5.41) is 2.22. The quantitative estimate of drug-likeness (QED) is 0.390. The molecular weight excluding hydrogens is 362 g/mol. The van der Waals surface area contributed by atoms with Gasteiger partial charge in [-0.15, -0.1) is 0 Å². The van der Waals surface area contributed by atoms with E-state index in [9.17, 15) is 0 Å². The molecule has 0 radical (unpaired) electrons. The van der Waals surface area contributed by atoms with E-state index in [1.165, 1.54) is 0 Å². The molecule has 0 aliphatic carbocycles. The zero-order valence-electron chi connectivity index (χ0n) is 12.6. The van der Waals surface area contributed by atoms with Gasteiger partial charge in [-0.1, -0.05) is 58.4 Å². The zero-order chi connectivity index (χ0) is 16.1. The van der Waals surface area contributed by atoms with Gasteiger partial charge >= 0.3 is 0 Å². The summed E-state index contributed by atoms with van der Waals surface area (Å²) in [7, 11) is 0. The third-order valence-electron chi connectivity index (χ3n) is 4.26. The smallest absolute Gasteiger partial charge is 0.165 e. The highest BCUT2D eigenvalue weighted by molar-refractivity contribution is 9.10. The number of hydrogen-bond acceptors (Lipinski definition) is 2. The standard InChI is InChI=1S/C20H12BrN3/c21-14-9-10-15-16(12-14)18(13-6-2-1-3-7-13)23-20-19(15)22-17-8-4-5-11-24(17)20/h1-12H. The van der Waals surface area contributed by atoms with Crippen molar-refractivity contribution in [1.29, 1.82) is 0 Å². The van der Waals surface area contributed by atoms with E-state index in [0.29, 0.717) is 0 Å². The van der Waals surface area contributed by atoms with Crippen LogP contribution in [0.5, 0.6) is 0 Å². The summed E-state index contributed by atoms with van der Waals surface area (Å²) in [6.45, 7) is 0. The van der Waals surface area contributed by atoms with Crippen LogP contribution in [0.3, 0.4) is 0 Å². The minimum atomic E-state index is 0.888. The first-order valence-corrected chi connectivity index (χ1v) is 8.52. The molecule has 5 rings (SSSR count). The second-order valence-electron chi connectivity index (χ2n) is 5.73. The highest BCUT2D eigenvalue weighted by Crippen LogP contribution is 2.34. The van der Waals surface area contributed by atoms with Crippen LogP contribution in [0.2, 0.25) is 0 Å². The Kier molecular flexibility index (Phi) is 2.94. The predicted octanol–water partition coefficient (Wildman–Crippen LogP) is 5.47. The molecule has 0 N–H and O–H groups in total. The Morgan fingerprint density at radius 3 is 2.50 bits per heavy atom. The number of nitrogens with zero attached hydrogens (tertiary/aromatic N) is 3. The minimum absolute atomic E-state index is 0.888. The van der Waals surface area contributed by atoms with Crippen molar-refractivity contribution in [2.75, 3.05) is 0 Å². The fourth-order valence-electron chi connectivity index (χ4n) is 3.17. The lowest BCUT2D eigenvalue weighted by Crippen LogP contribution is -1.91. The fourth-order valence-corrected chi connectivity index (χ4v) is 3.53. The maximum absolute atomic E-state index is 4.98. The van der Waals surface area contributed by atoms with Crippen LogP contribution in [0.25, 0.3) is 38.8 Å². The molecule has 3 aromatic heterocycles. The second kappa shape index (κ2) is 5.14. The van der Waals surface area contributed by atoms with Gasteiger partial charge in [0, 0.05) is 27.0 Å². The van der Waals surface area contributed by atoms with E-state index in [2.05, 4.69) is 46.3 Å². The fraction of sp³-hybridized carbons (Fsp3) is 0. The topological polar surface area (TPSA) is 30.2 Å². The molecule has 0 atom stereocenters. The average Bonchev–Trinajstić information content (AvgIpc) is 3.00. The number of hydrogen-bond donors (Lipinski definition) is 0. The Morgan fingerprint density at radius 2 is 1.62 bits per heavy atom. The van der Waals surface area contributed by atoms with Gasteiger partial charge in [-0.05, 0) is 24.3 Å². The SMILES string of the molecule is Brc1ccc2c(c1)c(-c1ccccc1)nc1c2nc2ccccn21. The highest BCUT2D eigenvalue weighted by atomic mass is 79.9. The van der Waals surface area contributed by atoms with Crippen LogP contribution in [0.15, 0.2) is 77.4 Å². The van der Waals surface area contributed by atoms with Crippen LogP contribution in [0, 0.1) is 0 Å². The van der Waals surface area contributed by atoms with Crippen LogP contribution in [-0.2, 0) is 0 Å². The van der Waals surface area contributed by atoms with Gasteiger partial charge in [-0.25, -0.2) is 9.97 Å². The Morgan fingerprint density at radius 1 is 0.792 bits per heavy atom. The monoisotopic (exact) mass is 373 g/mol. The summed E-state index contributed by atoms with van der Waals surface area (Å²) in [6, 6.07) is 22.6. The number of halogens is 1. The summed E-state index contributed by atoms with van der Waals surface area (Å²) in [4.78, 5) is 9.78.